The monoisotopic (exact) mass is 386 g/mol. The number of amides is 1. The molecule has 6 nitrogen and oxygen atoms in total. The maximum atomic E-state index is 12.8. The normalized spacial score (nSPS) is 11.8. The average Bonchev–Trinajstić information content (AvgIpc) is 3.05. The van der Waals surface area contributed by atoms with Crippen molar-refractivity contribution < 1.29 is 18.4 Å². The Morgan fingerprint density at radius 1 is 1.04 bits per heavy atom. The van der Waals surface area contributed by atoms with E-state index in [1.165, 1.54) is 0 Å². The number of fused-ring (bicyclic) bond motifs is 1. The molecule has 0 spiro atoms. The molecule has 0 atom stereocenters. The van der Waals surface area contributed by atoms with E-state index in [1.807, 2.05) is 30.5 Å². The number of aromatic nitrogens is 1. The van der Waals surface area contributed by atoms with Gasteiger partial charge in [0.1, 0.15) is 0 Å². The Labute approximate surface area is 158 Å². The van der Waals surface area contributed by atoms with E-state index in [0.29, 0.717) is 30.6 Å². The first kappa shape index (κ1) is 19.4. The standard InChI is InChI=1S/C20H23N2O4P/c1-3-25-27(24,26-4-2)18-8-5-15(6-9-18)14-22-12-11-16-13-17(20(21)23)7-10-19(16)22/h5-13H,3-4,14H2,1-2H3,(H2,21,23). The van der Waals surface area contributed by atoms with E-state index >= 15 is 0 Å². The molecule has 2 N–H and O–H groups in total. The highest BCUT2D eigenvalue weighted by Crippen LogP contribution is 2.46. The largest absolute Gasteiger partial charge is 0.366 e. The first-order chi connectivity index (χ1) is 13.0. The molecule has 7 heteroatoms. The molecule has 142 valence electrons. The fraction of sp³-hybridized carbons (Fsp3) is 0.250. The molecule has 3 rings (SSSR count). The second-order valence-corrected chi connectivity index (χ2v) is 8.11. The highest BCUT2D eigenvalue weighted by Gasteiger charge is 2.26. The third-order valence-corrected chi connectivity index (χ3v) is 6.39. The van der Waals surface area contributed by atoms with Crippen molar-refractivity contribution in [3.05, 3.63) is 65.9 Å². The summed E-state index contributed by atoms with van der Waals surface area (Å²) in [5, 5.41) is 1.51. The van der Waals surface area contributed by atoms with Crippen molar-refractivity contribution in [2.45, 2.75) is 20.4 Å². The molecular formula is C20H23N2O4P. The van der Waals surface area contributed by atoms with Crippen LogP contribution in [0.2, 0.25) is 0 Å². The summed E-state index contributed by atoms with van der Waals surface area (Å²) < 4.78 is 25.7. The minimum atomic E-state index is -3.27. The zero-order valence-corrected chi connectivity index (χ0v) is 16.3. The van der Waals surface area contributed by atoms with Gasteiger partial charge >= 0.3 is 7.60 Å². The molecule has 1 aromatic heterocycles. The number of rotatable bonds is 8. The van der Waals surface area contributed by atoms with Crippen molar-refractivity contribution in [1.29, 1.82) is 0 Å². The second-order valence-electron chi connectivity index (χ2n) is 6.08. The maximum absolute atomic E-state index is 12.8. The van der Waals surface area contributed by atoms with Crippen LogP contribution in [0.4, 0.5) is 0 Å². The topological polar surface area (TPSA) is 83.6 Å². The Kier molecular flexibility index (Phi) is 5.80. The number of primary amides is 1. The number of carbonyl (C=O) groups excluding carboxylic acids is 1. The minimum absolute atomic E-state index is 0.321. The SMILES string of the molecule is CCOP(=O)(OCC)c1ccc(Cn2ccc3cc(C(N)=O)ccc32)cc1. The van der Waals surface area contributed by atoms with Crippen LogP contribution in [0.25, 0.3) is 10.9 Å². The van der Waals surface area contributed by atoms with Crippen LogP contribution in [-0.4, -0.2) is 23.7 Å². The lowest BCUT2D eigenvalue weighted by atomic mass is 10.1. The van der Waals surface area contributed by atoms with Crippen LogP contribution < -0.4 is 11.0 Å². The first-order valence-corrected chi connectivity index (χ1v) is 10.4. The van der Waals surface area contributed by atoms with Gasteiger partial charge in [0.2, 0.25) is 5.91 Å². The fourth-order valence-corrected chi connectivity index (χ4v) is 4.56. The summed E-state index contributed by atoms with van der Waals surface area (Å²) in [5.74, 6) is -0.437. The predicted molar refractivity (Wildman–Crippen MR) is 106 cm³/mol. The second kappa shape index (κ2) is 8.09. The molecule has 0 aliphatic heterocycles. The van der Waals surface area contributed by atoms with E-state index in [0.717, 1.165) is 16.5 Å². The lowest BCUT2D eigenvalue weighted by Crippen LogP contribution is -2.11. The van der Waals surface area contributed by atoms with Crippen molar-refractivity contribution in [3.8, 4) is 0 Å². The van der Waals surface area contributed by atoms with E-state index in [-0.39, 0.29) is 0 Å². The number of hydrogen-bond donors (Lipinski definition) is 1. The molecule has 0 saturated heterocycles. The molecular weight excluding hydrogens is 363 g/mol. The van der Waals surface area contributed by atoms with Crippen LogP contribution in [0.1, 0.15) is 29.8 Å². The zero-order chi connectivity index (χ0) is 19.4. The summed E-state index contributed by atoms with van der Waals surface area (Å²) >= 11 is 0. The Balaban J connectivity index is 1.83. The van der Waals surface area contributed by atoms with E-state index < -0.39 is 13.5 Å². The van der Waals surface area contributed by atoms with Crippen molar-refractivity contribution >= 4 is 29.7 Å². The molecule has 0 aliphatic carbocycles. The number of carbonyl (C=O) groups is 1. The van der Waals surface area contributed by atoms with Gasteiger partial charge in [0.05, 0.1) is 18.5 Å². The quantitative estimate of drug-likeness (QED) is 0.599. The van der Waals surface area contributed by atoms with Gasteiger partial charge < -0.3 is 19.3 Å². The summed E-state index contributed by atoms with van der Waals surface area (Å²) in [6.45, 7) is 4.87. The van der Waals surface area contributed by atoms with Crippen LogP contribution in [0, 0.1) is 0 Å². The lowest BCUT2D eigenvalue weighted by Gasteiger charge is -2.17. The number of nitrogens with two attached hydrogens (primary N) is 1. The third kappa shape index (κ3) is 4.14. The molecule has 0 radical (unpaired) electrons. The molecule has 1 amide bonds. The van der Waals surface area contributed by atoms with Gasteiger partial charge in [-0.2, -0.15) is 0 Å². The van der Waals surface area contributed by atoms with Gasteiger partial charge in [0.25, 0.3) is 0 Å². The van der Waals surface area contributed by atoms with Crippen LogP contribution >= 0.6 is 7.60 Å². The highest BCUT2D eigenvalue weighted by atomic mass is 31.2. The van der Waals surface area contributed by atoms with Crippen molar-refractivity contribution in [2.24, 2.45) is 5.73 Å². The summed E-state index contributed by atoms with van der Waals surface area (Å²) in [5.41, 5.74) is 7.89. The fourth-order valence-electron chi connectivity index (χ4n) is 3.00. The Hall–Kier alpha value is -2.40. The summed E-state index contributed by atoms with van der Waals surface area (Å²) in [6, 6.07) is 14.8. The molecule has 3 aromatic rings. The molecule has 2 aromatic carbocycles. The van der Waals surface area contributed by atoms with E-state index in [4.69, 9.17) is 14.8 Å². The first-order valence-electron chi connectivity index (χ1n) is 8.84. The van der Waals surface area contributed by atoms with Gasteiger partial charge in [0, 0.05) is 29.2 Å². The Morgan fingerprint density at radius 2 is 1.70 bits per heavy atom. The van der Waals surface area contributed by atoms with Gasteiger partial charge in [-0.05, 0) is 55.8 Å². The Bertz CT molecular complexity index is 985. The number of benzene rings is 2. The minimum Gasteiger partial charge on any atom is -0.366 e. The molecule has 1 heterocycles. The molecule has 0 fully saturated rings. The number of hydrogen-bond acceptors (Lipinski definition) is 4. The molecule has 0 bridgehead atoms. The van der Waals surface area contributed by atoms with Gasteiger partial charge in [-0.15, -0.1) is 0 Å². The van der Waals surface area contributed by atoms with Crippen molar-refractivity contribution in [2.75, 3.05) is 13.2 Å². The maximum Gasteiger partial charge on any atom is 0.361 e. The van der Waals surface area contributed by atoms with Gasteiger partial charge in [-0.3, -0.25) is 9.36 Å². The summed E-state index contributed by atoms with van der Waals surface area (Å²) in [7, 11) is -3.27. The molecule has 27 heavy (non-hydrogen) atoms. The van der Waals surface area contributed by atoms with Crippen LogP contribution in [0.5, 0.6) is 0 Å². The van der Waals surface area contributed by atoms with Crippen LogP contribution in [0.15, 0.2) is 54.7 Å². The lowest BCUT2D eigenvalue weighted by molar-refractivity contribution is 0.100. The molecule has 0 saturated carbocycles. The van der Waals surface area contributed by atoms with Crippen LogP contribution in [0.3, 0.4) is 0 Å². The summed E-state index contributed by atoms with van der Waals surface area (Å²) in [4.78, 5) is 11.3. The average molecular weight is 386 g/mol. The smallest absolute Gasteiger partial charge is 0.361 e. The van der Waals surface area contributed by atoms with Crippen LogP contribution in [-0.2, 0) is 20.2 Å². The molecule has 0 unspecified atom stereocenters. The summed E-state index contributed by atoms with van der Waals surface area (Å²) in [6.07, 6.45) is 1.97. The van der Waals surface area contributed by atoms with E-state index in [2.05, 4.69) is 4.57 Å². The van der Waals surface area contributed by atoms with E-state index in [1.54, 1.807) is 38.1 Å². The zero-order valence-electron chi connectivity index (χ0n) is 15.4. The van der Waals surface area contributed by atoms with Gasteiger partial charge in [0.15, 0.2) is 0 Å². The van der Waals surface area contributed by atoms with Crippen molar-refractivity contribution in [1.82, 2.24) is 4.57 Å². The Morgan fingerprint density at radius 3 is 2.30 bits per heavy atom. The van der Waals surface area contributed by atoms with Crippen molar-refractivity contribution in [3.63, 3.8) is 0 Å². The van der Waals surface area contributed by atoms with Gasteiger partial charge in [-0.1, -0.05) is 12.1 Å². The molecule has 0 aliphatic rings. The highest BCUT2D eigenvalue weighted by molar-refractivity contribution is 7.62. The predicted octanol–water partition coefficient (Wildman–Crippen LogP) is 3.68. The third-order valence-electron chi connectivity index (χ3n) is 4.26. The van der Waals surface area contributed by atoms with Gasteiger partial charge in [-0.25, -0.2) is 0 Å². The number of nitrogens with zero attached hydrogens (tertiary/aromatic N) is 1. The van der Waals surface area contributed by atoms with E-state index in [9.17, 15) is 9.36 Å².